The number of ether oxygens (including phenoxy) is 3. The number of aromatic amines is 1. The van der Waals surface area contributed by atoms with Gasteiger partial charge in [-0.1, -0.05) is 0 Å². The molecule has 2 aliphatic rings. The van der Waals surface area contributed by atoms with E-state index in [1.54, 1.807) is 6.92 Å². The molecule has 0 saturated carbocycles. The minimum atomic E-state index is -0.634. The molecule has 110 valence electrons. The fraction of sp³-hybridized carbons (Fsp3) is 0.692. The molecule has 0 radical (unpaired) electrons. The van der Waals surface area contributed by atoms with Crippen molar-refractivity contribution < 1.29 is 14.2 Å². The Balaban J connectivity index is 1.86. The van der Waals surface area contributed by atoms with Crippen molar-refractivity contribution in [2.45, 2.75) is 51.4 Å². The predicted octanol–water partition coefficient (Wildman–Crippen LogP) is 0.284. The van der Waals surface area contributed by atoms with Crippen LogP contribution in [0, 0.1) is 6.92 Å². The summed E-state index contributed by atoms with van der Waals surface area (Å²) in [6.07, 6.45) is 1.35. The molecular formula is C13H18N2O5. The summed E-state index contributed by atoms with van der Waals surface area (Å²) in [5.41, 5.74) is -0.368. The normalized spacial score (nSPS) is 32.0. The first-order chi connectivity index (χ1) is 9.35. The smallest absolute Gasteiger partial charge is 0.330 e. The van der Waals surface area contributed by atoms with E-state index in [0.717, 1.165) is 0 Å². The van der Waals surface area contributed by atoms with Crippen LogP contribution in [0.5, 0.6) is 0 Å². The van der Waals surface area contributed by atoms with E-state index in [1.165, 1.54) is 10.8 Å². The van der Waals surface area contributed by atoms with Crippen molar-refractivity contribution in [2.75, 3.05) is 6.61 Å². The van der Waals surface area contributed by atoms with Gasteiger partial charge in [0.1, 0.15) is 12.3 Å². The number of aryl methyl sites for hydroxylation is 1. The zero-order chi connectivity index (χ0) is 14.5. The minimum Gasteiger partial charge on any atom is -0.349 e. The molecule has 1 aromatic rings. The SMILES string of the molecule is Cc1cn(C2C[C@H]3OC(C)(C)OC[C@H]3O2)c(=O)[nH]c1=O. The molecule has 2 saturated heterocycles. The molecule has 7 nitrogen and oxygen atoms in total. The highest BCUT2D eigenvalue weighted by atomic mass is 16.7. The van der Waals surface area contributed by atoms with E-state index < -0.39 is 17.7 Å². The molecule has 0 amide bonds. The lowest BCUT2D eigenvalue weighted by Gasteiger charge is -2.36. The number of hydrogen-bond donors (Lipinski definition) is 1. The second-order valence-electron chi connectivity index (χ2n) is 5.71. The molecular weight excluding hydrogens is 264 g/mol. The Hall–Kier alpha value is -1.44. The van der Waals surface area contributed by atoms with Gasteiger partial charge < -0.3 is 14.2 Å². The average molecular weight is 282 g/mol. The molecule has 3 atom stereocenters. The Kier molecular flexibility index (Phi) is 3.07. The number of fused-ring (bicyclic) bond motifs is 1. The Morgan fingerprint density at radius 2 is 2.10 bits per heavy atom. The molecule has 1 unspecified atom stereocenters. The van der Waals surface area contributed by atoms with Crippen LogP contribution in [-0.4, -0.2) is 34.2 Å². The monoisotopic (exact) mass is 282 g/mol. The van der Waals surface area contributed by atoms with Crippen LogP contribution in [-0.2, 0) is 14.2 Å². The molecule has 7 heteroatoms. The van der Waals surface area contributed by atoms with Crippen molar-refractivity contribution in [3.05, 3.63) is 32.6 Å². The topological polar surface area (TPSA) is 82.6 Å². The van der Waals surface area contributed by atoms with E-state index in [-0.39, 0.29) is 17.8 Å². The van der Waals surface area contributed by atoms with Gasteiger partial charge in [0.05, 0.1) is 12.7 Å². The summed E-state index contributed by atoms with van der Waals surface area (Å²) in [5, 5.41) is 0. The number of H-pyrrole nitrogens is 1. The zero-order valence-corrected chi connectivity index (χ0v) is 11.7. The molecule has 0 aromatic carbocycles. The van der Waals surface area contributed by atoms with Gasteiger partial charge in [0.15, 0.2) is 5.79 Å². The van der Waals surface area contributed by atoms with E-state index in [0.29, 0.717) is 18.6 Å². The van der Waals surface area contributed by atoms with Gasteiger partial charge in [-0.15, -0.1) is 0 Å². The third-order valence-electron chi connectivity index (χ3n) is 3.67. The van der Waals surface area contributed by atoms with Gasteiger partial charge in [-0.2, -0.15) is 0 Å². The lowest BCUT2D eigenvalue weighted by atomic mass is 10.1. The van der Waals surface area contributed by atoms with E-state index in [1.807, 2.05) is 13.8 Å². The first-order valence-electron chi connectivity index (χ1n) is 6.65. The van der Waals surface area contributed by atoms with Crippen LogP contribution in [0.2, 0.25) is 0 Å². The average Bonchev–Trinajstić information content (AvgIpc) is 2.74. The van der Waals surface area contributed by atoms with Crippen LogP contribution in [0.1, 0.15) is 32.1 Å². The highest BCUT2D eigenvalue weighted by molar-refractivity contribution is 5.02. The Morgan fingerprint density at radius 1 is 1.35 bits per heavy atom. The Labute approximate surface area is 115 Å². The summed E-state index contributed by atoms with van der Waals surface area (Å²) in [6, 6.07) is 0. The summed E-state index contributed by atoms with van der Waals surface area (Å²) in [4.78, 5) is 25.5. The van der Waals surface area contributed by atoms with Gasteiger partial charge in [-0.3, -0.25) is 14.3 Å². The maximum Gasteiger partial charge on any atom is 0.330 e. The third-order valence-corrected chi connectivity index (χ3v) is 3.67. The number of nitrogens with one attached hydrogen (secondary N) is 1. The van der Waals surface area contributed by atoms with Crippen molar-refractivity contribution in [1.29, 1.82) is 0 Å². The Bertz CT molecular complexity index is 632. The number of aromatic nitrogens is 2. The summed E-state index contributed by atoms with van der Waals surface area (Å²) >= 11 is 0. The van der Waals surface area contributed by atoms with Crippen LogP contribution in [0.4, 0.5) is 0 Å². The van der Waals surface area contributed by atoms with Crippen molar-refractivity contribution in [2.24, 2.45) is 0 Å². The second-order valence-corrected chi connectivity index (χ2v) is 5.71. The third kappa shape index (κ3) is 2.32. The van der Waals surface area contributed by atoms with Gasteiger partial charge in [-0.25, -0.2) is 4.79 Å². The fourth-order valence-corrected chi connectivity index (χ4v) is 2.63. The standard InChI is InChI=1S/C13H18N2O5/c1-7-5-15(12(17)14-11(7)16)10-4-8-9(19-10)6-18-13(2,3)20-8/h5,8-10H,4,6H2,1-3H3,(H,14,16,17)/t8-,9-,10?/m1/s1. The molecule has 0 aliphatic carbocycles. The fourth-order valence-electron chi connectivity index (χ4n) is 2.63. The summed E-state index contributed by atoms with van der Waals surface area (Å²) in [5.74, 6) is -0.634. The van der Waals surface area contributed by atoms with E-state index >= 15 is 0 Å². The molecule has 1 aromatic heterocycles. The van der Waals surface area contributed by atoms with Crippen molar-refractivity contribution >= 4 is 0 Å². The molecule has 0 bridgehead atoms. The predicted molar refractivity (Wildman–Crippen MR) is 69.5 cm³/mol. The van der Waals surface area contributed by atoms with Crippen molar-refractivity contribution in [3.63, 3.8) is 0 Å². The summed E-state index contributed by atoms with van der Waals surface area (Å²) in [7, 11) is 0. The van der Waals surface area contributed by atoms with Crippen LogP contribution < -0.4 is 11.2 Å². The number of rotatable bonds is 1. The summed E-state index contributed by atoms with van der Waals surface area (Å²) in [6.45, 7) is 5.80. The first kappa shape index (κ1) is 13.5. The van der Waals surface area contributed by atoms with E-state index in [4.69, 9.17) is 14.2 Å². The van der Waals surface area contributed by atoms with Crippen molar-refractivity contribution in [3.8, 4) is 0 Å². The molecule has 2 fully saturated rings. The minimum absolute atomic E-state index is 0.108. The maximum atomic E-state index is 11.9. The van der Waals surface area contributed by atoms with Gasteiger partial charge in [0, 0.05) is 18.2 Å². The van der Waals surface area contributed by atoms with Gasteiger partial charge in [0.2, 0.25) is 0 Å². The molecule has 2 aliphatic heterocycles. The van der Waals surface area contributed by atoms with Crippen LogP contribution in [0.3, 0.4) is 0 Å². The largest absolute Gasteiger partial charge is 0.349 e. The molecule has 0 spiro atoms. The van der Waals surface area contributed by atoms with Crippen LogP contribution in [0.25, 0.3) is 0 Å². The quantitative estimate of drug-likeness (QED) is 0.800. The lowest BCUT2D eigenvalue weighted by Crippen LogP contribution is -2.46. The van der Waals surface area contributed by atoms with Gasteiger partial charge in [-0.05, 0) is 20.8 Å². The van der Waals surface area contributed by atoms with Gasteiger partial charge >= 0.3 is 5.69 Å². The van der Waals surface area contributed by atoms with E-state index in [9.17, 15) is 9.59 Å². The molecule has 3 rings (SSSR count). The highest BCUT2D eigenvalue weighted by Crippen LogP contribution is 2.36. The second kappa shape index (κ2) is 4.54. The number of nitrogens with zero attached hydrogens (tertiary/aromatic N) is 1. The zero-order valence-electron chi connectivity index (χ0n) is 11.7. The van der Waals surface area contributed by atoms with E-state index in [2.05, 4.69) is 4.98 Å². The van der Waals surface area contributed by atoms with Crippen molar-refractivity contribution in [1.82, 2.24) is 9.55 Å². The lowest BCUT2D eigenvalue weighted by molar-refractivity contribution is -0.293. The first-order valence-corrected chi connectivity index (χ1v) is 6.65. The van der Waals surface area contributed by atoms with Crippen LogP contribution in [0.15, 0.2) is 15.8 Å². The molecule has 3 heterocycles. The van der Waals surface area contributed by atoms with Gasteiger partial charge in [0.25, 0.3) is 5.56 Å². The number of hydrogen-bond acceptors (Lipinski definition) is 5. The highest BCUT2D eigenvalue weighted by Gasteiger charge is 2.44. The summed E-state index contributed by atoms with van der Waals surface area (Å²) < 4.78 is 18.6. The molecule has 1 N–H and O–H groups in total. The Morgan fingerprint density at radius 3 is 2.85 bits per heavy atom. The maximum absolute atomic E-state index is 11.9. The van der Waals surface area contributed by atoms with Crippen LogP contribution >= 0.6 is 0 Å². The molecule has 20 heavy (non-hydrogen) atoms.